The second kappa shape index (κ2) is 15.9. The maximum absolute atomic E-state index is 7.49. The molecule has 0 spiro atoms. The van der Waals surface area contributed by atoms with Gasteiger partial charge in [-0.25, -0.2) is 0 Å². The highest BCUT2D eigenvalue weighted by Gasteiger charge is 2.21. The molecule has 0 heteroatoms. The van der Waals surface area contributed by atoms with Gasteiger partial charge in [-0.05, 0) is 38.0 Å². The summed E-state index contributed by atoms with van der Waals surface area (Å²) in [5.74, 6) is -0.0556. The largest absolute Gasteiger partial charge is 0.0877 e. The molecular weight excluding hydrogens is 252 g/mol. The highest BCUT2D eigenvalue weighted by atomic mass is 14.3. The Kier molecular flexibility index (Phi) is 15.5. The fraction of sp³-hybridized carbons (Fsp3) is 0.810. The molecule has 0 nitrogen and oxygen atoms in total. The topological polar surface area (TPSA) is 0 Å². The summed E-state index contributed by atoms with van der Waals surface area (Å²) in [4.78, 5) is 0. The Bertz CT molecular complexity index is 238. The predicted molar refractivity (Wildman–Crippen MR) is 101 cm³/mol. The molecule has 0 saturated heterocycles. The van der Waals surface area contributed by atoms with E-state index in [0.29, 0.717) is 5.41 Å². The van der Waals surface area contributed by atoms with Crippen LogP contribution in [0.1, 0.15) is 101 Å². The third kappa shape index (κ3) is 17.4. The summed E-state index contributed by atoms with van der Waals surface area (Å²) < 4.78 is 7.49. The van der Waals surface area contributed by atoms with Gasteiger partial charge in [-0.3, -0.25) is 0 Å². The Morgan fingerprint density at radius 3 is 1.38 bits per heavy atom. The van der Waals surface area contributed by atoms with Crippen LogP contribution in [0.25, 0.3) is 0 Å². The van der Waals surface area contributed by atoms with Gasteiger partial charge in [-0.15, -0.1) is 0 Å². The molecule has 0 atom stereocenters. The molecule has 0 unspecified atom stereocenters. The van der Waals surface area contributed by atoms with Crippen molar-refractivity contribution in [2.24, 2.45) is 11.3 Å². The summed E-state index contributed by atoms with van der Waals surface area (Å²) in [6.07, 6.45) is 18.6. The number of hydrogen-bond acceptors (Lipinski definition) is 0. The molecule has 0 aromatic heterocycles. The smallest absolute Gasteiger partial charge is 0.0300 e. The van der Waals surface area contributed by atoms with Gasteiger partial charge in [0.25, 0.3) is 0 Å². The van der Waals surface area contributed by atoms with Crippen molar-refractivity contribution in [2.75, 3.05) is 0 Å². The molecule has 2 saturated carbocycles. The minimum Gasteiger partial charge on any atom is -0.0877 e. The normalized spacial score (nSPS) is 22.5. The first-order valence-electron chi connectivity index (χ1n) is 9.57. The summed E-state index contributed by atoms with van der Waals surface area (Å²) >= 11 is 0. The lowest BCUT2D eigenvalue weighted by atomic mass is 9.92. The van der Waals surface area contributed by atoms with Crippen LogP contribution in [0.2, 0.25) is 0 Å². The van der Waals surface area contributed by atoms with E-state index in [0.717, 1.165) is 12.8 Å². The Balaban J connectivity index is 0. The lowest BCUT2D eigenvalue weighted by Crippen LogP contribution is -2.01. The van der Waals surface area contributed by atoms with Gasteiger partial charge in [0.15, 0.2) is 0 Å². The van der Waals surface area contributed by atoms with Gasteiger partial charge in [-0.2, -0.15) is 0 Å². The molecule has 2 fully saturated rings. The van der Waals surface area contributed by atoms with Crippen molar-refractivity contribution in [3.05, 3.63) is 24.3 Å². The van der Waals surface area contributed by atoms with E-state index in [1.54, 1.807) is 0 Å². The molecule has 0 aromatic rings. The predicted octanol–water partition coefficient (Wildman–Crippen LogP) is 7.95. The third-order valence-corrected chi connectivity index (χ3v) is 3.91. The van der Waals surface area contributed by atoms with E-state index in [9.17, 15) is 0 Å². The maximum Gasteiger partial charge on any atom is 0.0300 e. The van der Waals surface area contributed by atoms with Crippen molar-refractivity contribution in [1.82, 2.24) is 0 Å². The van der Waals surface area contributed by atoms with Gasteiger partial charge in [0.05, 0.1) is 0 Å². The van der Waals surface area contributed by atoms with Crippen LogP contribution in [0.3, 0.4) is 0 Å². The highest BCUT2D eigenvalue weighted by molar-refractivity contribution is 4.98. The molecule has 2 aliphatic carbocycles. The van der Waals surface area contributed by atoms with Crippen LogP contribution in [0.5, 0.6) is 0 Å². The van der Waals surface area contributed by atoms with Gasteiger partial charge in [0.2, 0.25) is 0 Å². The fourth-order valence-electron chi connectivity index (χ4n) is 2.53. The number of rotatable bonds is 1. The molecule has 126 valence electrons. The van der Waals surface area contributed by atoms with Crippen molar-refractivity contribution >= 4 is 0 Å². The van der Waals surface area contributed by atoms with Gasteiger partial charge in [0.1, 0.15) is 0 Å². The Hall–Kier alpha value is -0.520. The van der Waals surface area contributed by atoms with Crippen LogP contribution in [0.4, 0.5) is 0 Å². The van der Waals surface area contributed by atoms with Crippen molar-refractivity contribution in [3.63, 3.8) is 0 Å². The zero-order chi connectivity index (χ0) is 17.5. The van der Waals surface area contributed by atoms with E-state index in [4.69, 9.17) is 1.37 Å². The van der Waals surface area contributed by atoms with Crippen molar-refractivity contribution < 1.29 is 1.37 Å². The summed E-state index contributed by atoms with van der Waals surface area (Å²) in [6.45, 7) is 14.8. The lowest BCUT2D eigenvalue weighted by molar-refractivity contribution is 0.382. The van der Waals surface area contributed by atoms with Gasteiger partial charge in [-0.1, -0.05) is 97.4 Å². The average molecular weight is 296 g/mol. The summed E-state index contributed by atoms with van der Waals surface area (Å²) in [5, 5.41) is 0. The molecule has 0 amide bonds. The van der Waals surface area contributed by atoms with E-state index in [1.807, 2.05) is 58.9 Å². The van der Waals surface area contributed by atoms with Crippen molar-refractivity contribution in [2.45, 2.75) is 99.8 Å². The third-order valence-electron chi connectivity index (χ3n) is 3.91. The Morgan fingerprint density at radius 2 is 1.24 bits per heavy atom. The molecular formula is C21H42. The second-order valence-corrected chi connectivity index (χ2v) is 6.59. The standard InChI is InChI=1S/C7H14.C6H12.C6H10.C2H6/c1-7(2)5-3-4-6-7;1-6-4-2-3-5-6;1-3-5-6-4-2;1-2/h3-6H2,1-2H3;6H,2-5H2,1H3;3-6H,1-2H3;1-2H3/b;;5-3-,6-4-;/i;6D;;. The first-order chi connectivity index (χ1) is 10.3. The lowest BCUT2D eigenvalue weighted by Gasteiger charge is -2.13. The summed E-state index contributed by atoms with van der Waals surface area (Å²) in [5.41, 5.74) is 0.694. The van der Waals surface area contributed by atoms with Crippen LogP contribution in [0.15, 0.2) is 24.3 Å². The fourth-order valence-corrected chi connectivity index (χ4v) is 2.53. The van der Waals surface area contributed by atoms with E-state index in [-0.39, 0.29) is 5.89 Å². The Morgan fingerprint density at radius 1 is 0.857 bits per heavy atom. The molecule has 2 aliphatic rings. The second-order valence-electron chi connectivity index (χ2n) is 6.59. The first-order valence-corrected chi connectivity index (χ1v) is 9.07. The first kappa shape index (κ1) is 20.5. The molecule has 2 rings (SSSR count). The molecule has 0 heterocycles. The van der Waals surface area contributed by atoms with E-state index < -0.39 is 0 Å². The van der Waals surface area contributed by atoms with Gasteiger partial charge in [0, 0.05) is 1.37 Å². The zero-order valence-electron chi connectivity index (χ0n) is 17.0. The molecule has 0 aliphatic heterocycles. The van der Waals surface area contributed by atoms with E-state index >= 15 is 0 Å². The Labute approximate surface area is 137 Å². The summed E-state index contributed by atoms with van der Waals surface area (Å²) in [7, 11) is 0. The van der Waals surface area contributed by atoms with Crippen LogP contribution < -0.4 is 0 Å². The molecule has 21 heavy (non-hydrogen) atoms. The maximum atomic E-state index is 7.49. The minimum absolute atomic E-state index is 0.0556. The number of hydrogen-bond donors (Lipinski definition) is 0. The van der Waals surface area contributed by atoms with Crippen LogP contribution in [0, 0.1) is 11.3 Å². The van der Waals surface area contributed by atoms with Crippen molar-refractivity contribution in [3.8, 4) is 0 Å². The summed E-state index contributed by atoms with van der Waals surface area (Å²) in [6, 6.07) is 0. The molecule has 0 aromatic carbocycles. The van der Waals surface area contributed by atoms with E-state index in [2.05, 4.69) is 13.8 Å². The van der Waals surface area contributed by atoms with Crippen molar-refractivity contribution in [1.29, 1.82) is 0 Å². The van der Waals surface area contributed by atoms with Gasteiger partial charge < -0.3 is 0 Å². The van der Waals surface area contributed by atoms with Gasteiger partial charge >= 0.3 is 0 Å². The quantitative estimate of drug-likeness (QED) is 0.430. The van der Waals surface area contributed by atoms with E-state index in [1.165, 1.54) is 38.5 Å². The van der Waals surface area contributed by atoms with Crippen LogP contribution in [-0.2, 0) is 0 Å². The molecule has 0 N–H and O–H groups in total. The zero-order valence-corrected chi connectivity index (χ0v) is 16.0. The molecule has 0 bridgehead atoms. The average Bonchev–Trinajstić information content (AvgIpc) is 3.07. The number of allylic oxidation sites excluding steroid dienone is 4. The monoisotopic (exact) mass is 295 g/mol. The SMILES string of the molecule is C/C=C\C=C/C.CC.CC1(C)CCCC1.[2H]C1(C)CCCC1. The minimum atomic E-state index is -0.0556. The van der Waals surface area contributed by atoms with Crippen LogP contribution in [-0.4, -0.2) is 0 Å². The highest BCUT2D eigenvalue weighted by Crippen LogP contribution is 2.36. The van der Waals surface area contributed by atoms with Crippen LogP contribution >= 0.6 is 0 Å². The molecule has 0 radical (unpaired) electrons.